The number of likely N-dealkylation sites (N-methyl/N-ethyl adjacent to an activating group) is 2. The Balaban J connectivity index is 1.52. The molecule has 1 aliphatic heterocycles. The summed E-state index contributed by atoms with van der Waals surface area (Å²) in [7, 11) is 1.70. The van der Waals surface area contributed by atoms with Gasteiger partial charge in [-0.15, -0.1) is 0 Å². The number of nitrogens with one attached hydrogen (secondary N) is 2. The third-order valence-corrected chi connectivity index (χ3v) is 6.61. The number of aryl methyl sites for hydroxylation is 1. The van der Waals surface area contributed by atoms with E-state index in [0.29, 0.717) is 43.0 Å². The Bertz CT molecular complexity index is 1320. The molecule has 2 amide bonds. The molecule has 2 aromatic carbocycles. The summed E-state index contributed by atoms with van der Waals surface area (Å²) in [5.41, 5.74) is 3.83. The number of nitrogens with zero attached hydrogens (tertiary/aromatic N) is 5. The minimum atomic E-state index is -4.75. The Hall–Kier alpha value is -3.97. The second-order valence-electron chi connectivity index (χ2n) is 9.49. The number of hydrazine groups is 1. The van der Waals surface area contributed by atoms with E-state index in [0.717, 1.165) is 17.7 Å². The summed E-state index contributed by atoms with van der Waals surface area (Å²) < 4.78 is 43.1. The van der Waals surface area contributed by atoms with Gasteiger partial charge in [-0.3, -0.25) is 14.6 Å². The predicted molar refractivity (Wildman–Crippen MR) is 142 cm³/mol. The molecule has 0 unspecified atom stereocenters. The van der Waals surface area contributed by atoms with E-state index in [2.05, 4.69) is 25.3 Å². The highest BCUT2D eigenvalue weighted by Crippen LogP contribution is 2.31. The Kier molecular flexibility index (Phi) is 9.05. The molecule has 13 heteroatoms. The second-order valence-corrected chi connectivity index (χ2v) is 9.49. The number of carbonyl (C=O) groups is 2. The molecule has 2 heterocycles. The molecule has 0 fully saturated rings. The smallest absolute Gasteiger partial charge is 0.353 e. The zero-order valence-corrected chi connectivity index (χ0v) is 22.6. The maximum Gasteiger partial charge on any atom is 0.471 e. The zero-order chi connectivity index (χ0) is 28.9. The molecule has 10 nitrogen and oxygen atoms in total. The molecule has 4 rings (SSSR count). The van der Waals surface area contributed by atoms with E-state index in [4.69, 9.17) is 0 Å². The van der Waals surface area contributed by atoms with E-state index in [1.165, 1.54) is 6.07 Å². The van der Waals surface area contributed by atoms with Crippen LogP contribution in [-0.2, 0) is 28.9 Å². The first kappa shape index (κ1) is 29.0. The lowest BCUT2D eigenvalue weighted by molar-refractivity contribution is -0.159. The molecule has 2 N–H and O–H groups in total. The number of hydrogen-bond donors (Lipinski definition) is 2. The Labute approximate surface area is 230 Å². The molecule has 0 saturated heterocycles. The van der Waals surface area contributed by atoms with E-state index < -0.39 is 12.1 Å². The van der Waals surface area contributed by atoms with Gasteiger partial charge in [-0.2, -0.15) is 18.2 Å². The lowest BCUT2D eigenvalue weighted by atomic mass is 10.1. The lowest BCUT2D eigenvalue weighted by Crippen LogP contribution is -2.48. The first-order valence-electron chi connectivity index (χ1n) is 12.9. The highest BCUT2D eigenvalue weighted by atomic mass is 19.4. The highest BCUT2D eigenvalue weighted by molar-refractivity contribution is 5.87. The van der Waals surface area contributed by atoms with Crippen LogP contribution in [0, 0.1) is 6.92 Å². The van der Waals surface area contributed by atoms with E-state index in [1.807, 2.05) is 36.2 Å². The molecule has 1 aliphatic rings. The summed E-state index contributed by atoms with van der Waals surface area (Å²) in [5, 5.41) is 12.9. The Morgan fingerprint density at radius 3 is 2.38 bits per heavy atom. The molecule has 0 aliphatic carbocycles. The van der Waals surface area contributed by atoms with Crippen LogP contribution in [0.2, 0.25) is 0 Å². The average Bonchev–Trinajstić information content (AvgIpc) is 3.58. The number of halogens is 3. The van der Waals surface area contributed by atoms with Crippen molar-refractivity contribution in [3.8, 4) is 11.4 Å². The van der Waals surface area contributed by atoms with Crippen molar-refractivity contribution < 1.29 is 27.3 Å². The summed E-state index contributed by atoms with van der Waals surface area (Å²) in [4.78, 5) is 31.3. The van der Waals surface area contributed by atoms with Crippen LogP contribution >= 0.6 is 0 Å². The van der Waals surface area contributed by atoms with Gasteiger partial charge in [0.2, 0.25) is 11.7 Å². The largest absolute Gasteiger partial charge is 0.471 e. The fourth-order valence-electron chi connectivity index (χ4n) is 4.48. The average molecular weight is 560 g/mol. The number of fused-ring (bicyclic) bond motifs is 1. The van der Waals surface area contributed by atoms with E-state index in [9.17, 15) is 22.8 Å². The van der Waals surface area contributed by atoms with Crippen LogP contribution in [0.1, 0.15) is 29.5 Å². The van der Waals surface area contributed by atoms with Crippen LogP contribution in [0.4, 0.5) is 18.9 Å². The molecule has 0 saturated carbocycles. The van der Waals surface area contributed by atoms with Crippen LogP contribution in [0.5, 0.6) is 0 Å². The Morgan fingerprint density at radius 2 is 1.77 bits per heavy atom. The maximum atomic E-state index is 13.4. The van der Waals surface area contributed by atoms with Gasteiger partial charge in [0.1, 0.15) is 0 Å². The summed E-state index contributed by atoms with van der Waals surface area (Å²) in [6.07, 6.45) is -4.75. The third-order valence-electron chi connectivity index (χ3n) is 6.61. The molecule has 1 aromatic heterocycles. The van der Waals surface area contributed by atoms with Crippen molar-refractivity contribution in [1.29, 1.82) is 0 Å². The number of carbonyl (C=O) groups excluding carboxylic acids is 2. The number of rotatable bonds is 11. The standard InChI is InChI=1S/C27H32F3N7O3/c1-4-31-11-12-32-23(38)16-36(17-24(39)35(3)37-14-20-7-5-6-8-21(20)15-37)22-10-9-19(13-18(22)2)25-33-26(40-34-25)27(28,29)30/h5-10,13,31H,4,11-12,14-17H2,1-3H3,(H,32,38). The van der Waals surface area contributed by atoms with Crippen LogP contribution in [0.15, 0.2) is 47.0 Å². The predicted octanol–water partition coefficient (Wildman–Crippen LogP) is 2.99. The monoisotopic (exact) mass is 559 g/mol. The summed E-state index contributed by atoms with van der Waals surface area (Å²) in [5.74, 6) is -2.12. The van der Waals surface area contributed by atoms with E-state index in [1.54, 1.807) is 36.0 Å². The zero-order valence-electron chi connectivity index (χ0n) is 22.6. The van der Waals surface area contributed by atoms with Gasteiger partial charge in [-0.25, -0.2) is 5.01 Å². The summed E-state index contributed by atoms with van der Waals surface area (Å²) in [6.45, 7) is 6.54. The van der Waals surface area contributed by atoms with Gasteiger partial charge < -0.3 is 20.1 Å². The Morgan fingerprint density at radius 1 is 1.07 bits per heavy atom. The van der Waals surface area contributed by atoms with E-state index >= 15 is 0 Å². The first-order chi connectivity index (χ1) is 19.1. The number of alkyl halides is 3. The van der Waals surface area contributed by atoms with Gasteiger partial charge in [0, 0.05) is 44.5 Å². The molecular formula is C27H32F3N7O3. The van der Waals surface area contributed by atoms with Crippen molar-refractivity contribution in [2.45, 2.75) is 33.1 Å². The molecule has 0 bridgehead atoms. The molecule has 0 radical (unpaired) electrons. The van der Waals surface area contributed by atoms with Gasteiger partial charge in [0.15, 0.2) is 0 Å². The van der Waals surface area contributed by atoms with Crippen LogP contribution in [0.3, 0.4) is 0 Å². The number of aromatic nitrogens is 2. The van der Waals surface area contributed by atoms with Gasteiger partial charge in [-0.1, -0.05) is 36.3 Å². The fraction of sp³-hybridized carbons (Fsp3) is 0.407. The fourth-order valence-corrected chi connectivity index (χ4v) is 4.48. The van der Waals surface area contributed by atoms with Crippen LogP contribution < -0.4 is 15.5 Å². The number of amides is 2. The minimum absolute atomic E-state index is 0.0907. The van der Waals surface area contributed by atoms with Crippen molar-refractivity contribution in [2.75, 3.05) is 44.7 Å². The number of benzene rings is 2. The van der Waals surface area contributed by atoms with Gasteiger partial charge in [-0.05, 0) is 48.4 Å². The lowest BCUT2D eigenvalue weighted by Gasteiger charge is -2.32. The molecule has 40 heavy (non-hydrogen) atoms. The minimum Gasteiger partial charge on any atom is -0.353 e. The van der Waals surface area contributed by atoms with Crippen molar-refractivity contribution in [1.82, 2.24) is 30.8 Å². The number of anilines is 1. The molecular weight excluding hydrogens is 527 g/mol. The molecule has 214 valence electrons. The third kappa shape index (κ3) is 6.96. The summed E-state index contributed by atoms with van der Waals surface area (Å²) in [6, 6.07) is 12.8. The quantitative estimate of drug-likeness (QED) is 0.346. The topological polar surface area (TPSA) is 107 Å². The van der Waals surface area contributed by atoms with Gasteiger partial charge >= 0.3 is 12.1 Å². The van der Waals surface area contributed by atoms with Gasteiger partial charge in [0.25, 0.3) is 5.91 Å². The maximum absolute atomic E-state index is 13.4. The second kappa shape index (κ2) is 12.5. The first-order valence-corrected chi connectivity index (χ1v) is 12.9. The van der Waals surface area contributed by atoms with Crippen molar-refractivity contribution in [2.24, 2.45) is 0 Å². The van der Waals surface area contributed by atoms with Crippen molar-refractivity contribution in [3.63, 3.8) is 0 Å². The normalized spacial score (nSPS) is 13.2. The van der Waals surface area contributed by atoms with Gasteiger partial charge in [0.05, 0.1) is 13.1 Å². The summed E-state index contributed by atoms with van der Waals surface area (Å²) >= 11 is 0. The molecule has 0 atom stereocenters. The highest BCUT2D eigenvalue weighted by Gasteiger charge is 2.38. The van der Waals surface area contributed by atoms with E-state index in [-0.39, 0.29) is 30.7 Å². The SMILES string of the molecule is CCNCCNC(=O)CN(CC(=O)N(C)N1Cc2ccccc2C1)c1ccc(-c2noc(C(F)(F)F)n2)cc1C. The molecule has 3 aromatic rings. The van der Waals surface area contributed by atoms with Crippen molar-refractivity contribution in [3.05, 3.63) is 65.0 Å². The molecule has 0 spiro atoms. The van der Waals surface area contributed by atoms with Crippen LogP contribution in [0.25, 0.3) is 11.4 Å². The van der Waals surface area contributed by atoms with Crippen LogP contribution in [-0.4, -0.2) is 71.7 Å². The van der Waals surface area contributed by atoms with Crippen molar-refractivity contribution >= 4 is 17.5 Å². The number of hydrogen-bond acceptors (Lipinski definition) is 8.